The van der Waals surface area contributed by atoms with E-state index >= 15 is 0 Å². The van der Waals surface area contributed by atoms with E-state index in [9.17, 15) is 9.00 Å². The molecule has 46 valence electrons. The Balaban J connectivity index is 3.55. The van der Waals surface area contributed by atoms with Crippen molar-refractivity contribution in [2.45, 2.75) is 0 Å². The first-order chi connectivity index (χ1) is 3.66. The standard InChI is InChI=1S/C4H6O3S/c1-3-4(5)7-8(2)6/h3H,1H2,2H3. The fourth-order valence-corrected chi connectivity index (χ4v) is 0.449. The molecule has 0 heterocycles. The molecule has 0 fully saturated rings. The van der Waals surface area contributed by atoms with Crippen LogP contribution in [0.25, 0.3) is 0 Å². The topological polar surface area (TPSA) is 43.4 Å². The molecule has 0 bridgehead atoms. The van der Waals surface area contributed by atoms with Gasteiger partial charge in [-0.3, -0.25) is 0 Å². The van der Waals surface area contributed by atoms with Gasteiger partial charge in [-0.25, -0.2) is 9.00 Å². The van der Waals surface area contributed by atoms with Crippen LogP contribution in [0.15, 0.2) is 12.7 Å². The molecule has 0 amide bonds. The average Bonchev–Trinajstić information content (AvgIpc) is 1.65. The molecule has 4 heteroatoms. The molecule has 1 atom stereocenters. The zero-order valence-corrected chi connectivity index (χ0v) is 5.23. The largest absolute Gasteiger partial charge is 0.361 e. The van der Waals surface area contributed by atoms with E-state index in [4.69, 9.17) is 0 Å². The zero-order chi connectivity index (χ0) is 6.57. The minimum Gasteiger partial charge on any atom is -0.361 e. The summed E-state index contributed by atoms with van der Waals surface area (Å²) < 4.78 is 14.1. The Morgan fingerprint density at radius 3 is 2.50 bits per heavy atom. The molecule has 0 radical (unpaired) electrons. The molecule has 0 aromatic heterocycles. The van der Waals surface area contributed by atoms with Crippen molar-refractivity contribution in [1.82, 2.24) is 0 Å². The van der Waals surface area contributed by atoms with Crippen molar-refractivity contribution < 1.29 is 13.2 Å². The molecular weight excluding hydrogens is 128 g/mol. The van der Waals surface area contributed by atoms with Gasteiger partial charge in [-0.15, -0.1) is 0 Å². The van der Waals surface area contributed by atoms with E-state index in [1.165, 1.54) is 6.26 Å². The van der Waals surface area contributed by atoms with Crippen LogP contribution in [0.3, 0.4) is 0 Å². The van der Waals surface area contributed by atoms with Crippen molar-refractivity contribution in [2.24, 2.45) is 0 Å². The van der Waals surface area contributed by atoms with E-state index in [0.717, 1.165) is 6.08 Å². The summed E-state index contributed by atoms with van der Waals surface area (Å²) in [6.07, 6.45) is 2.22. The molecule has 3 nitrogen and oxygen atoms in total. The van der Waals surface area contributed by atoms with Gasteiger partial charge in [0.15, 0.2) is 0 Å². The minimum absolute atomic E-state index is 0.661. The molecular formula is C4H6O3S. The summed E-state index contributed by atoms with van der Waals surface area (Å²) in [7, 11) is 0. The Morgan fingerprint density at radius 1 is 1.88 bits per heavy atom. The molecule has 0 aliphatic carbocycles. The fourth-order valence-electron chi connectivity index (χ4n) is 0.150. The lowest BCUT2D eigenvalue weighted by Crippen LogP contribution is -2.00. The lowest BCUT2D eigenvalue weighted by atomic mass is 10.7. The molecule has 0 saturated heterocycles. The molecule has 0 aliphatic rings. The lowest BCUT2D eigenvalue weighted by molar-refractivity contribution is -0.128. The summed E-state index contributed by atoms with van der Waals surface area (Å²) in [6, 6.07) is 0. The van der Waals surface area contributed by atoms with Gasteiger partial charge < -0.3 is 4.18 Å². The maximum atomic E-state index is 10.1. The number of hydrogen-bond acceptors (Lipinski definition) is 3. The van der Waals surface area contributed by atoms with Crippen molar-refractivity contribution in [3.63, 3.8) is 0 Å². The Hall–Kier alpha value is -0.640. The second kappa shape index (κ2) is 3.37. The number of carbonyl (C=O) groups excluding carboxylic acids is 1. The Labute approximate surface area is 50.0 Å². The predicted octanol–water partition coefficient (Wildman–Crippen LogP) is 0.00910. The van der Waals surface area contributed by atoms with Crippen LogP contribution in [0.1, 0.15) is 0 Å². The van der Waals surface area contributed by atoms with Crippen LogP contribution in [-0.4, -0.2) is 16.4 Å². The first-order valence-corrected chi connectivity index (χ1v) is 3.33. The monoisotopic (exact) mass is 134 g/mol. The third-order valence-corrected chi connectivity index (χ3v) is 0.765. The van der Waals surface area contributed by atoms with E-state index in [-0.39, 0.29) is 0 Å². The maximum absolute atomic E-state index is 10.1. The lowest BCUT2D eigenvalue weighted by Gasteiger charge is -1.89. The van der Waals surface area contributed by atoms with Crippen molar-refractivity contribution in [3.8, 4) is 0 Å². The van der Waals surface area contributed by atoms with E-state index in [1.54, 1.807) is 0 Å². The molecule has 0 aliphatic heterocycles. The third-order valence-electron chi connectivity index (χ3n) is 0.366. The highest BCUT2D eigenvalue weighted by atomic mass is 32.2. The SMILES string of the molecule is C=CC(=O)OS(C)=O. The Bertz CT molecular complexity index is 129. The molecule has 8 heavy (non-hydrogen) atoms. The van der Waals surface area contributed by atoms with Crippen molar-refractivity contribution in [2.75, 3.05) is 6.26 Å². The van der Waals surface area contributed by atoms with Gasteiger partial charge in [-0.2, -0.15) is 0 Å². The minimum atomic E-state index is -1.52. The van der Waals surface area contributed by atoms with Gasteiger partial charge in [0.2, 0.25) is 11.1 Å². The molecule has 0 N–H and O–H groups in total. The number of hydrogen-bond donors (Lipinski definition) is 0. The highest BCUT2D eigenvalue weighted by molar-refractivity contribution is 7.79. The first kappa shape index (κ1) is 7.36. The van der Waals surface area contributed by atoms with Gasteiger partial charge in [-0.05, 0) is 0 Å². The Morgan fingerprint density at radius 2 is 2.38 bits per heavy atom. The first-order valence-electron chi connectivity index (χ1n) is 1.85. The Kier molecular flexibility index (Phi) is 3.10. The van der Waals surface area contributed by atoms with Crippen molar-refractivity contribution in [1.29, 1.82) is 0 Å². The van der Waals surface area contributed by atoms with Gasteiger partial charge in [-0.1, -0.05) is 6.58 Å². The number of carbonyl (C=O) groups is 1. The van der Waals surface area contributed by atoms with Crippen LogP contribution >= 0.6 is 0 Å². The zero-order valence-electron chi connectivity index (χ0n) is 4.42. The van der Waals surface area contributed by atoms with Crippen LogP contribution in [-0.2, 0) is 20.1 Å². The molecule has 0 rings (SSSR count). The van der Waals surface area contributed by atoms with Gasteiger partial charge in [0.25, 0.3) is 0 Å². The molecule has 0 saturated carbocycles. The maximum Gasteiger partial charge on any atom is 0.344 e. The van der Waals surface area contributed by atoms with Gasteiger partial charge in [0, 0.05) is 12.3 Å². The normalized spacial score (nSPS) is 12.1. The van der Waals surface area contributed by atoms with Crippen LogP contribution in [0.5, 0.6) is 0 Å². The summed E-state index contributed by atoms with van der Waals surface area (Å²) in [4.78, 5) is 10.1. The van der Waals surface area contributed by atoms with Crippen molar-refractivity contribution in [3.05, 3.63) is 12.7 Å². The number of rotatable bonds is 2. The average molecular weight is 134 g/mol. The van der Waals surface area contributed by atoms with Gasteiger partial charge in [0.1, 0.15) is 0 Å². The van der Waals surface area contributed by atoms with Crippen LogP contribution in [0.2, 0.25) is 0 Å². The van der Waals surface area contributed by atoms with Crippen molar-refractivity contribution >= 4 is 17.0 Å². The molecule has 0 spiro atoms. The van der Waals surface area contributed by atoms with Crippen LogP contribution in [0.4, 0.5) is 0 Å². The van der Waals surface area contributed by atoms with E-state index in [0.29, 0.717) is 0 Å². The highest BCUT2D eigenvalue weighted by Gasteiger charge is 1.95. The molecule has 0 aromatic rings. The smallest absolute Gasteiger partial charge is 0.344 e. The fraction of sp³-hybridized carbons (Fsp3) is 0.250. The van der Waals surface area contributed by atoms with Crippen LogP contribution < -0.4 is 0 Å². The van der Waals surface area contributed by atoms with Gasteiger partial charge >= 0.3 is 5.97 Å². The second-order valence-corrected chi connectivity index (χ2v) is 1.98. The molecule has 0 aromatic carbocycles. The van der Waals surface area contributed by atoms with Gasteiger partial charge in [0.05, 0.1) is 0 Å². The summed E-state index contributed by atoms with van der Waals surface area (Å²) in [5.74, 6) is -0.661. The summed E-state index contributed by atoms with van der Waals surface area (Å²) >= 11 is -1.52. The van der Waals surface area contributed by atoms with E-state index in [1.807, 2.05) is 0 Å². The third kappa shape index (κ3) is 3.55. The summed E-state index contributed by atoms with van der Waals surface area (Å²) in [5.41, 5.74) is 0. The van der Waals surface area contributed by atoms with Crippen LogP contribution in [0, 0.1) is 0 Å². The van der Waals surface area contributed by atoms with E-state index in [2.05, 4.69) is 10.8 Å². The highest BCUT2D eigenvalue weighted by Crippen LogP contribution is 1.80. The summed E-state index contributed by atoms with van der Waals surface area (Å²) in [5, 5.41) is 0. The second-order valence-electron chi connectivity index (χ2n) is 1.01. The summed E-state index contributed by atoms with van der Waals surface area (Å²) in [6.45, 7) is 3.10. The quantitative estimate of drug-likeness (QED) is 0.499. The predicted molar refractivity (Wildman–Crippen MR) is 30.4 cm³/mol. The molecule has 1 unspecified atom stereocenters. The van der Waals surface area contributed by atoms with E-state index < -0.39 is 17.0 Å².